The van der Waals surface area contributed by atoms with Crippen LogP contribution in [0.5, 0.6) is 0 Å². The highest BCUT2D eigenvalue weighted by molar-refractivity contribution is 4.74. The summed E-state index contributed by atoms with van der Waals surface area (Å²) < 4.78 is 0. The van der Waals surface area contributed by atoms with E-state index in [1.807, 2.05) is 0 Å². The summed E-state index contributed by atoms with van der Waals surface area (Å²) in [6.45, 7) is 8.28. The van der Waals surface area contributed by atoms with Crippen LogP contribution < -0.4 is 5.32 Å². The molecule has 16 heavy (non-hydrogen) atoms. The van der Waals surface area contributed by atoms with Gasteiger partial charge >= 0.3 is 0 Å². The van der Waals surface area contributed by atoms with E-state index >= 15 is 0 Å². The molecule has 1 aliphatic carbocycles. The SMILES string of the molecule is CCCC(CCC)NCC1CCC(C)CC1. The minimum Gasteiger partial charge on any atom is -0.314 e. The molecule has 1 rings (SSSR count). The Kier molecular flexibility index (Phi) is 7.11. The molecule has 0 aromatic heterocycles. The molecule has 0 amide bonds. The van der Waals surface area contributed by atoms with E-state index in [0.29, 0.717) is 0 Å². The molecule has 1 fully saturated rings. The van der Waals surface area contributed by atoms with Gasteiger partial charge in [-0.15, -0.1) is 0 Å². The first-order chi connectivity index (χ1) is 7.76. The molecule has 0 aliphatic heterocycles. The third kappa shape index (κ3) is 5.34. The molecule has 0 aromatic rings. The highest BCUT2D eigenvalue weighted by Crippen LogP contribution is 2.27. The molecule has 1 nitrogen and oxygen atoms in total. The summed E-state index contributed by atoms with van der Waals surface area (Å²) in [4.78, 5) is 0. The van der Waals surface area contributed by atoms with Crippen molar-refractivity contribution in [1.82, 2.24) is 5.32 Å². The Morgan fingerprint density at radius 1 is 1.00 bits per heavy atom. The van der Waals surface area contributed by atoms with Crippen molar-refractivity contribution in [2.24, 2.45) is 11.8 Å². The second-order valence-electron chi connectivity index (χ2n) is 5.81. The van der Waals surface area contributed by atoms with Crippen molar-refractivity contribution in [3.05, 3.63) is 0 Å². The largest absolute Gasteiger partial charge is 0.314 e. The van der Waals surface area contributed by atoms with E-state index in [4.69, 9.17) is 0 Å². The van der Waals surface area contributed by atoms with Gasteiger partial charge in [0.25, 0.3) is 0 Å². The van der Waals surface area contributed by atoms with Crippen LogP contribution >= 0.6 is 0 Å². The summed E-state index contributed by atoms with van der Waals surface area (Å²) in [5.74, 6) is 1.95. The van der Waals surface area contributed by atoms with Crippen molar-refractivity contribution in [1.29, 1.82) is 0 Å². The van der Waals surface area contributed by atoms with Gasteiger partial charge in [-0.25, -0.2) is 0 Å². The number of hydrogen-bond donors (Lipinski definition) is 1. The molecule has 1 saturated carbocycles. The van der Waals surface area contributed by atoms with Crippen LogP contribution in [-0.4, -0.2) is 12.6 Å². The fourth-order valence-corrected chi connectivity index (χ4v) is 2.91. The lowest BCUT2D eigenvalue weighted by Gasteiger charge is -2.28. The van der Waals surface area contributed by atoms with Crippen molar-refractivity contribution in [2.75, 3.05) is 6.54 Å². The van der Waals surface area contributed by atoms with Crippen molar-refractivity contribution < 1.29 is 0 Å². The normalized spacial score (nSPS) is 26.2. The Labute approximate surface area is 102 Å². The fraction of sp³-hybridized carbons (Fsp3) is 1.00. The Balaban J connectivity index is 2.15. The van der Waals surface area contributed by atoms with E-state index in [0.717, 1.165) is 17.9 Å². The van der Waals surface area contributed by atoms with E-state index in [9.17, 15) is 0 Å². The highest BCUT2D eigenvalue weighted by atomic mass is 14.9. The van der Waals surface area contributed by atoms with E-state index in [2.05, 4.69) is 26.1 Å². The van der Waals surface area contributed by atoms with Crippen LogP contribution in [0.3, 0.4) is 0 Å². The summed E-state index contributed by atoms with van der Waals surface area (Å²) in [5.41, 5.74) is 0. The zero-order chi connectivity index (χ0) is 11.8. The Bertz CT molecular complexity index is 153. The molecular formula is C15H31N. The Morgan fingerprint density at radius 3 is 2.06 bits per heavy atom. The standard InChI is InChI=1S/C15H31N/c1-4-6-15(7-5-2)16-12-14-10-8-13(3)9-11-14/h13-16H,4-12H2,1-3H3. The Morgan fingerprint density at radius 2 is 1.56 bits per heavy atom. The summed E-state index contributed by atoms with van der Waals surface area (Å²) in [6, 6.07) is 0.786. The van der Waals surface area contributed by atoms with Gasteiger partial charge in [0, 0.05) is 6.04 Å². The van der Waals surface area contributed by atoms with Gasteiger partial charge < -0.3 is 5.32 Å². The second kappa shape index (κ2) is 8.11. The zero-order valence-electron chi connectivity index (χ0n) is 11.6. The smallest absolute Gasteiger partial charge is 0.00669 e. The minimum absolute atomic E-state index is 0.786. The van der Waals surface area contributed by atoms with Gasteiger partial charge in [0.2, 0.25) is 0 Å². The molecule has 1 heteroatoms. The molecule has 1 aliphatic rings. The van der Waals surface area contributed by atoms with Crippen molar-refractivity contribution >= 4 is 0 Å². The number of nitrogens with one attached hydrogen (secondary N) is 1. The average molecular weight is 225 g/mol. The van der Waals surface area contributed by atoms with Gasteiger partial charge in [-0.2, -0.15) is 0 Å². The van der Waals surface area contributed by atoms with Crippen LogP contribution in [0.15, 0.2) is 0 Å². The fourth-order valence-electron chi connectivity index (χ4n) is 2.91. The van der Waals surface area contributed by atoms with Crippen molar-refractivity contribution in [3.8, 4) is 0 Å². The molecule has 0 bridgehead atoms. The molecule has 0 heterocycles. The maximum absolute atomic E-state index is 3.81. The Hall–Kier alpha value is -0.0400. The molecule has 96 valence electrons. The van der Waals surface area contributed by atoms with E-state index in [-0.39, 0.29) is 0 Å². The molecule has 0 unspecified atom stereocenters. The maximum atomic E-state index is 3.81. The van der Waals surface area contributed by atoms with Crippen LogP contribution in [0.1, 0.15) is 72.1 Å². The topological polar surface area (TPSA) is 12.0 Å². The van der Waals surface area contributed by atoms with Crippen LogP contribution in [-0.2, 0) is 0 Å². The first-order valence-corrected chi connectivity index (χ1v) is 7.49. The van der Waals surface area contributed by atoms with E-state index in [1.165, 1.54) is 57.9 Å². The summed E-state index contributed by atoms with van der Waals surface area (Å²) in [5, 5.41) is 3.81. The minimum atomic E-state index is 0.786. The quantitative estimate of drug-likeness (QED) is 0.678. The van der Waals surface area contributed by atoms with Gasteiger partial charge in [-0.05, 0) is 44.1 Å². The monoisotopic (exact) mass is 225 g/mol. The lowest BCUT2D eigenvalue weighted by molar-refractivity contribution is 0.269. The van der Waals surface area contributed by atoms with Gasteiger partial charge in [0.05, 0.1) is 0 Å². The lowest BCUT2D eigenvalue weighted by atomic mass is 9.83. The second-order valence-corrected chi connectivity index (χ2v) is 5.81. The molecule has 0 radical (unpaired) electrons. The maximum Gasteiger partial charge on any atom is 0.00669 e. The van der Waals surface area contributed by atoms with Crippen LogP contribution in [0.2, 0.25) is 0 Å². The average Bonchev–Trinajstić information content (AvgIpc) is 2.29. The van der Waals surface area contributed by atoms with E-state index in [1.54, 1.807) is 0 Å². The van der Waals surface area contributed by atoms with Crippen LogP contribution in [0.4, 0.5) is 0 Å². The van der Waals surface area contributed by atoms with Crippen molar-refractivity contribution in [2.45, 2.75) is 78.2 Å². The molecule has 0 atom stereocenters. The highest BCUT2D eigenvalue weighted by Gasteiger charge is 2.18. The third-order valence-electron chi connectivity index (χ3n) is 4.10. The molecule has 0 saturated heterocycles. The molecular weight excluding hydrogens is 194 g/mol. The number of hydrogen-bond acceptors (Lipinski definition) is 1. The van der Waals surface area contributed by atoms with Crippen LogP contribution in [0, 0.1) is 11.8 Å². The van der Waals surface area contributed by atoms with E-state index < -0.39 is 0 Å². The molecule has 0 aromatic carbocycles. The van der Waals surface area contributed by atoms with Crippen LogP contribution in [0.25, 0.3) is 0 Å². The van der Waals surface area contributed by atoms with Crippen molar-refractivity contribution in [3.63, 3.8) is 0 Å². The molecule has 0 spiro atoms. The third-order valence-corrected chi connectivity index (χ3v) is 4.10. The summed E-state index contributed by atoms with van der Waals surface area (Å²) >= 11 is 0. The predicted molar refractivity (Wildman–Crippen MR) is 72.7 cm³/mol. The summed E-state index contributed by atoms with van der Waals surface area (Å²) in [7, 11) is 0. The van der Waals surface area contributed by atoms with Gasteiger partial charge in [0.15, 0.2) is 0 Å². The summed E-state index contributed by atoms with van der Waals surface area (Å²) in [6.07, 6.45) is 11.2. The first kappa shape index (κ1) is 14.0. The molecule has 1 N–H and O–H groups in total. The van der Waals surface area contributed by atoms with Gasteiger partial charge in [-0.3, -0.25) is 0 Å². The van der Waals surface area contributed by atoms with Gasteiger partial charge in [-0.1, -0.05) is 46.5 Å². The zero-order valence-corrected chi connectivity index (χ0v) is 11.6. The lowest BCUT2D eigenvalue weighted by Crippen LogP contribution is -2.34. The predicted octanol–water partition coefficient (Wildman–Crippen LogP) is 4.37. The first-order valence-electron chi connectivity index (χ1n) is 7.49. The van der Waals surface area contributed by atoms with Gasteiger partial charge in [0.1, 0.15) is 0 Å². The number of rotatable bonds is 7.